The smallest absolute Gasteiger partial charge is 0.390 e. The number of H-pyrrole nitrogens is 1. The summed E-state index contributed by atoms with van der Waals surface area (Å²) in [7, 11) is -10.7. The lowest BCUT2D eigenvalue weighted by Crippen LogP contribution is -2.60. The van der Waals surface area contributed by atoms with Gasteiger partial charge >= 0.3 is 21.3 Å². The molecule has 5 unspecified atom stereocenters. The first-order valence-electron chi connectivity index (χ1n) is 10.2. The molecule has 19 heteroatoms. The third kappa shape index (κ3) is 6.72. The van der Waals surface area contributed by atoms with Gasteiger partial charge in [-0.15, -0.1) is 0 Å². The van der Waals surface area contributed by atoms with Crippen molar-refractivity contribution in [2.45, 2.75) is 69.3 Å². The van der Waals surface area contributed by atoms with Crippen molar-refractivity contribution in [2.75, 3.05) is 6.61 Å². The number of aliphatic hydroxyl groups excluding tert-OH is 3. The van der Waals surface area contributed by atoms with Crippen LogP contribution in [0.5, 0.6) is 0 Å². The van der Waals surface area contributed by atoms with Gasteiger partial charge in [-0.25, -0.2) is 13.9 Å². The normalized spacial score (nSPS) is 37.0. The van der Waals surface area contributed by atoms with E-state index in [0.29, 0.717) is 0 Å². The zero-order chi connectivity index (χ0) is 26.3. The maximum atomic E-state index is 12.2. The van der Waals surface area contributed by atoms with Crippen LogP contribution in [0.15, 0.2) is 15.8 Å². The lowest BCUT2D eigenvalue weighted by molar-refractivity contribution is -0.240. The van der Waals surface area contributed by atoms with Gasteiger partial charge in [0, 0.05) is 18.2 Å². The van der Waals surface area contributed by atoms with Crippen molar-refractivity contribution in [1.82, 2.24) is 9.55 Å². The lowest BCUT2D eigenvalue weighted by Gasteiger charge is -2.39. The van der Waals surface area contributed by atoms with Crippen molar-refractivity contribution in [3.05, 3.63) is 32.6 Å². The van der Waals surface area contributed by atoms with Crippen LogP contribution in [0.2, 0.25) is 0 Å². The number of aliphatic hydroxyl groups is 3. The van der Waals surface area contributed by atoms with Crippen LogP contribution in [0.1, 0.15) is 25.1 Å². The average Bonchev–Trinajstić information content (AvgIpc) is 3.11. The van der Waals surface area contributed by atoms with Crippen molar-refractivity contribution < 1.29 is 57.1 Å². The first-order chi connectivity index (χ1) is 16.1. The van der Waals surface area contributed by atoms with E-state index >= 15 is 0 Å². The van der Waals surface area contributed by atoms with E-state index in [2.05, 4.69) is 18.3 Å². The standard InChI is InChI=1S/C16H27N3O14P2/c1-6-4-19(16(24)18-14(6)23)10-3-8(20)9(31-10)5-29-34(25,26)33-35(27,28)32-15-13(22)11(17)12(21)7(2)30-15/h4,7-13,15,20-22H,3,5,17H2,1-2H3,(H,25,26)(H,27,28)(H,18,23,24)/t7?,8-,9+,10+,11?,12+,13?,15+/m0/s1. The van der Waals surface area contributed by atoms with E-state index in [1.807, 2.05) is 0 Å². The predicted octanol–water partition coefficient (Wildman–Crippen LogP) is -2.46. The topological polar surface area (TPSA) is 262 Å². The molecule has 0 amide bonds. The molecule has 0 aromatic carbocycles. The zero-order valence-corrected chi connectivity index (χ0v) is 20.2. The number of hydrogen-bond acceptors (Lipinski definition) is 13. The first-order valence-corrected chi connectivity index (χ1v) is 13.2. The highest BCUT2D eigenvalue weighted by atomic mass is 31.3. The second-order valence-corrected chi connectivity index (χ2v) is 11.1. The fourth-order valence-corrected chi connectivity index (χ4v) is 5.62. The van der Waals surface area contributed by atoms with E-state index in [1.165, 1.54) is 20.0 Å². The molecule has 0 spiro atoms. The summed E-state index contributed by atoms with van der Waals surface area (Å²) >= 11 is 0. The minimum Gasteiger partial charge on any atom is -0.390 e. The van der Waals surface area contributed by atoms with Crippen LogP contribution in [0, 0.1) is 6.92 Å². The van der Waals surface area contributed by atoms with Crippen LogP contribution in [-0.2, 0) is 32.0 Å². The number of phosphoric ester groups is 2. The molecule has 17 nitrogen and oxygen atoms in total. The summed E-state index contributed by atoms with van der Waals surface area (Å²) in [5.41, 5.74) is 4.38. The molecule has 2 saturated heterocycles. The highest BCUT2D eigenvalue weighted by molar-refractivity contribution is 7.61. The fraction of sp³-hybridized carbons (Fsp3) is 0.750. The van der Waals surface area contributed by atoms with Crippen molar-refractivity contribution in [2.24, 2.45) is 5.73 Å². The van der Waals surface area contributed by atoms with Gasteiger partial charge in [0.2, 0.25) is 0 Å². The zero-order valence-electron chi connectivity index (χ0n) is 18.4. The summed E-state index contributed by atoms with van der Waals surface area (Å²) in [4.78, 5) is 45.2. The molecule has 2 fully saturated rings. The van der Waals surface area contributed by atoms with Gasteiger partial charge in [-0.1, -0.05) is 0 Å². The number of hydrogen-bond donors (Lipinski definition) is 7. The van der Waals surface area contributed by atoms with Gasteiger partial charge in [0.05, 0.1) is 31.0 Å². The number of aromatic amines is 1. The molecule has 2 aliphatic rings. The van der Waals surface area contributed by atoms with Crippen LogP contribution in [0.3, 0.4) is 0 Å². The molecule has 1 aromatic heterocycles. The minimum absolute atomic E-state index is 0.140. The Hall–Kier alpha value is -1.30. The average molecular weight is 547 g/mol. The van der Waals surface area contributed by atoms with Gasteiger partial charge in [0.25, 0.3) is 5.56 Å². The van der Waals surface area contributed by atoms with E-state index in [1.54, 1.807) is 0 Å². The van der Waals surface area contributed by atoms with Crippen LogP contribution >= 0.6 is 15.6 Å². The Morgan fingerprint density at radius 2 is 1.83 bits per heavy atom. The number of aromatic nitrogens is 2. The molecule has 0 aliphatic carbocycles. The molecule has 8 N–H and O–H groups in total. The van der Waals surface area contributed by atoms with E-state index in [4.69, 9.17) is 15.2 Å². The molecule has 1 aromatic rings. The Bertz CT molecular complexity index is 1130. The van der Waals surface area contributed by atoms with Crippen LogP contribution in [-0.4, -0.2) is 84.1 Å². The molecule has 200 valence electrons. The molecule has 2 aliphatic heterocycles. The van der Waals surface area contributed by atoms with Crippen molar-refractivity contribution in [3.63, 3.8) is 0 Å². The number of nitrogens with one attached hydrogen (secondary N) is 1. The Morgan fingerprint density at radius 3 is 2.49 bits per heavy atom. The monoisotopic (exact) mass is 547 g/mol. The molecule has 3 heterocycles. The molecule has 0 bridgehead atoms. The van der Waals surface area contributed by atoms with E-state index in [9.17, 15) is 43.8 Å². The Labute approximate surface area is 197 Å². The maximum Gasteiger partial charge on any atom is 0.483 e. The lowest BCUT2D eigenvalue weighted by atomic mass is 9.98. The molecule has 35 heavy (non-hydrogen) atoms. The van der Waals surface area contributed by atoms with Crippen molar-refractivity contribution in [1.29, 1.82) is 0 Å². The molecule has 3 rings (SSSR count). The van der Waals surface area contributed by atoms with E-state index in [-0.39, 0.29) is 12.0 Å². The van der Waals surface area contributed by atoms with E-state index < -0.39 is 82.6 Å². The van der Waals surface area contributed by atoms with Crippen LogP contribution in [0.4, 0.5) is 0 Å². The number of ether oxygens (including phenoxy) is 2. The summed E-state index contributed by atoms with van der Waals surface area (Å²) in [6.07, 6.45) is -8.48. The van der Waals surface area contributed by atoms with Gasteiger partial charge in [0.15, 0.2) is 6.29 Å². The SMILES string of the molecule is Cc1cn([C@H]2C[C@H](O)[C@@H](COP(=O)(O)OP(=O)(O)O[C@H]3OC(C)[C@@H](O)C(N)C3O)O2)c(=O)[nH]c1=O. The van der Waals surface area contributed by atoms with Gasteiger partial charge in [0.1, 0.15) is 18.4 Å². The van der Waals surface area contributed by atoms with Crippen LogP contribution in [0.25, 0.3) is 0 Å². The second-order valence-electron chi connectivity index (χ2n) is 8.10. The highest BCUT2D eigenvalue weighted by Crippen LogP contribution is 2.61. The molecular weight excluding hydrogens is 520 g/mol. The van der Waals surface area contributed by atoms with Crippen molar-refractivity contribution in [3.8, 4) is 0 Å². The maximum absolute atomic E-state index is 12.2. The van der Waals surface area contributed by atoms with Crippen LogP contribution < -0.4 is 17.0 Å². The number of phosphoric acid groups is 2. The summed E-state index contributed by atoms with van der Waals surface area (Å²) in [6, 6.07) is -1.31. The quantitative estimate of drug-likeness (QED) is 0.166. The molecule has 0 saturated carbocycles. The Morgan fingerprint density at radius 1 is 1.17 bits per heavy atom. The first kappa shape index (κ1) is 28.3. The van der Waals surface area contributed by atoms with E-state index in [0.717, 1.165) is 4.57 Å². The predicted molar refractivity (Wildman–Crippen MR) is 113 cm³/mol. The van der Waals surface area contributed by atoms with Gasteiger partial charge in [-0.05, 0) is 13.8 Å². The fourth-order valence-electron chi connectivity index (χ4n) is 3.46. The third-order valence-electron chi connectivity index (χ3n) is 5.40. The molecular formula is C16H27N3O14P2. The number of nitrogens with two attached hydrogens (primary N) is 1. The van der Waals surface area contributed by atoms with Gasteiger partial charge in [-0.3, -0.25) is 23.4 Å². The summed E-state index contributed by atoms with van der Waals surface area (Å²) in [5.74, 6) is 0. The third-order valence-corrected chi connectivity index (χ3v) is 8.00. The number of nitrogens with zero attached hydrogens (tertiary/aromatic N) is 1. The number of aryl methyl sites for hydroxylation is 1. The summed E-state index contributed by atoms with van der Waals surface area (Å²) in [5, 5.41) is 29.9. The second kappa shape index (κ2) is 10.6. The Balaban J connectivity index is 1.59. The number of rotatable bonds is 8. The molecule has 0 radical (unpaired) electrons. The summed E-state index contributed by atoms with van der Waals surface area (Å²) in [6.45, 7) is 1.99. The minimum atomic E-state index is -5.39. The van der Waals surface area contributed by atoms with Gasteiger partial charge < -0.3 is 40.3 Å². The highest BCUT2D eigenvalue weighted by Gasteiger charge is 2.47. The summed E-state index contributed by atoms with van der Waals surface area (Å²) < 4.78 is 49.3. The Kier molecular flexibility index (Phi) is 8.56. The van der Waals surface area contributed by atoms with Crippen molar-refractivity contribution >= 4 is 15.6 Å². The largest absolute Gasteiger partial charge is 0.483 e. The molecule has 10 atom stereocenters. The van der Waals surface area contributed by atoms with Gasteiger partial charge in [-0.2, -0.15) is 4.31 Å².